The molecule has 2 aromatic carbocycles. The Balaban J connectivity index is 2.08. The van der Waals surface area contributed by atoms with E-state index in [1.165, 1.54) is 16.7 Å². The van der Waals surface area contributed by atoms with Gasteiger partial charge in [0.05, 0.1) is 0 Å². The van der Waals surface area contributed by atoms with Gasteiger partial charge in [-0.3, -0.25) is 0 Å². The van der Waals surface area contributed by atoms with E-state index in [2.05, 4.69) is 50.4 Å². The number of phenols is 1. The fraction of sp³-hybridized carbons (Fsp3) is 0.368. The van der Waals surface area contributed by atoms with Crippen molar-refractivity contribution in [1.82, 2.24) is 5.32 Å². The fourth-order valence-corrected chi connectivity index (χ4v) is 2.60. The van der Waals surface area contributed by atoms with E-state index in [0.29, 0.717) is 17.8 Å². The summed E-state index contributed by atoms with van der Waals surface area (Å²) in [5.41, 5.74) is 3.90. The van der Waals surface area contributed by atoms with Crippen LogP contribution < -0.4 is 5.32 Å². The first-order chi connectivity index (χ1) is 10.1. The molecule has 2 unspecified atom stereocenters. The van der Waals surface area contributed by atoms with E-state index in [9.17, 15) is 5.11 Å². The van der Waals surface area contributed by atoms with Crippen molar-refractivity contribution >= 4 is 0 Å². The lowest BCUT2D eigenvalue weighted by Crippen LogP contribution is -2.24. The van der Waals surface area contributed by atoms with E-state index in [0.717, 1.165) is 12.8 Å². The summed E-state index contributed by atoms with van der Waals surface area (Å²) in [5, 5.41) is 13.1. The van der Waals surface area contributed by atoms with Crippen LogP contribution in [0.4, 0.5) is 0 Å². The standard InChI is InChI=1S/C19H25NO/c1-4-15-6-8-16(9-7-15)14(3)20-19(5-2)17-10-12-18(21)13-11-17/h6-14,19-21H,4-5H2,1-3H3. The molecule has 0 aliphatic carbocycles. The summed E-state index contributed by atoms with van der Waals surface area (Å²) in [6.07, 6.45) is 2.09. The number of phenolic OH excluding ortho intramolecular Hbond substituents is 1. The van der Waals surface area contributed by atoms with Gasteiger partial charge < -0.3 is 10.4 Å². The average molecular weight is 283 g/mol. The van der Waals surface area contributed by atoms with E-state index < -0.39 is 0 Å². The highest BCUT2D eigenvalue weighted by atomic mass is 16.3. The second kappa shape index (κ2) is 7.28. The molecule has 0 heterocycles. The number of rotatable bonds is 6. The molecule has 112 valence electrons. The van der Waals surface area contributed by atoms with Crippen LogP contribution in [-0.2, 0) is 6.42 Å². The van der Waals surface area contributed by atoms with Crippen molar-refractivity contribution < 1.29 is 5.11 Å². The lowest BCUT2D eigenvalue weighted by atomic mass is 10.0. The number of aryl methyl sites for hydroxylation is 1. The molecule has 0 bridgehead atoms. The van der Waals surface area contributed by atoms with Gasteiger partial charge in [-0.25, -0.2) is 0 Å². The molecule has 2 atom stereocenters. The summed E-state index contributed by atoms with van der Waals surface area (Å²) in [6, 6.07) is 16.9. The summed E-state index contributed by atoms with van der Waals surface area (Å²) in [5.74, 6) is 0.316. The number of aromatic hydroxyl groups is 1. The van der Waals surface area contributed by atoms with Crippen LogP contribution in [0, 0.1) is 0 Å². The lowest BCUT2D eigenvalue weighted by Gasteiger charge is -2.23. The SMILES string of the molecule is CCc1ccc(C(C)NC(CC)c2ccc(O)cc2)cc1. The number of hydrogen-bond donors (Lipinski definition) is 2. The molecule has 0 aliphatic rings. The molecule has 2 N–H and O–H groups in total. The molecule has 0 fully saturated rings. The Labute approximate surface area is 127 Å². The van der Waals surface area contributed by atoms with Crippen molar-refractivity contribution in [3.63, 3.8) is 0 Å². The van der Waals surface area contributed by atoms with Crippen LogP contribution in [0.3, 0.4) is 0 Å². The van der Waals surface area contributed by atoms with Crippen molar-refractivity contribution in [2.75, 3.05) is 0 Å². The van der Waals surface area contributed by atoms with E-state index >= 15 is 0 Å². The minimum Gasteiger partial charge on any atom is -0.508 e. The summed E-state index contributed by atoms with van der Waals surface area (Å²) in [6.45, 7) is 6.55. The third-order valence-electron chi connectivity index (χ3n) is 4.04. The first-order valence-electron chi connectivity index (χ1n) is 7.77. The maximum Gasteiger partial charge on any atom is 0.115 e. The van der Waals surface area contributed by atoms with E-state index in [1.54, 1.807) is 12.1 Å². The largest absolute Gasteiger partial charge is 0.508 e. The smallest absolute Gasteiger partial charge is 0.115 e. The summed E-state index contributed by atoms with van der Waals surface area (Å²) >= 11 is 0. The molecular formula is C19H25NO. The molecule has 2 heteroatoms. The minimum atomic E-state index is 0.298. The van der Waals surface area contributed by atoms with Crippen LogP contribution in [0.15, 0.2) is 48.5 Å². The van der Waals surface area contributed by atoms with Gasteiger partial charge in [0.2, 0.25) is 0 Å². The first kappa shape index (κ1) is 15.6. The van der Waals surface area contributed by atoms with Crippen LogP contribution in [0.2, 0.25) is 0 Å². The topological polar surface area (TPSA) is 32.3 Å². The third kappa shape index (κ3) is 4.08. The van der Waals surface area contributed by atoms with Crippen LogP contribution in [0.5, 0.6) is 5.75 Å². The Hall–Kier alpha value is -1.80. The molecule has 21 heavy (non-hydrogen) atoms. The molecule has 2 rings (SSSR count). The molecule has 0 radical (unpaired) electrons. The number of hydrogen-bond acceptors (Lipinski definition) is 2. The molecule has 0 saturated heterocycles. The van der Waals surface area contributed by atoms with Gasteiger partial charge in [0, 0.05) is 12.1 Å². The van der Waals surface area contributed by atoms with Crippen LogP contribution >= 0.6 is 0 Å². The quantitative estimate of drug-likeness (QED) is 0.801. The average Bonchev–Trinajstić information content (AvgIpc) is 2.53. The number of benzene rings is 2. The van der Waals surface area contributed by atoms with Crippen LogP contribution in [0.1, 0.15) is 56.0 Å². The van der Waals surface area contributed by atoms with Crippen molar-refractivity contribution in [3.05, 3.63) is 65.2 Å². The lowest BCUT2D eigenvalue weighted by molar-refractivity contribution is 0.453. The van der Waals surface area contributed by atoms with Gasteiger partial charge in [-0.05, 0) is 48.6 Å². The van der Waals surface area contributed by atoms with E-state index in [-0.39, 0.29) is 0 Å². The highest BCUT2D eigenvalue weighted by Crippen LogP contribution is 2.24. The monoisotopic (exact) mass is 283 g/mol. The van der Waals surface area contributed by atoms with Crippen molar-refractivity contribution in [2.45, 2.75) is 45.7 Å². The molecular weight excluding hydrogens is 258 g/mol. The van der Waals surface area contributed by atoms with E-state index in [1.807, 2.05) is 12.1 Å². The zero-order valence-corrected chi connectivity index (χ0v) is 13.1. The second-order valence-corrected chi connectivity index (χ2v) is 5.54. The van der Waals surface area contributed by atoms with Crippen LogP contribution in [0.25, 0.3) is 0 Å². The predicted molar refractivity (Wildman–Crippen MR) is 88.5 cm³/mol. The molecule has 2 nitrogen and oxygen atoms in total. The maximum atomic E-state index is 9.40. The molecule has 0 saturated carbocycles. The fourth-order valence-electron chi connectivity index (χ4n) is 2.60. The minimum absolute atomic E-state index is 0.298. The summed E-state index contributed by atoms with van der Waals surface area (Å²) in [7, 11) is 0. The molecule has 0 spiro atoms. The molecule has 0 amide bonds. The van der Waals surface area contributed by atoms with Gasteiger partial charge in [-0.2, -0.15) is 0 Å². The Kier molecular flexibility index (Phi) is 5.40. The van der Waals surface area contributed by atoms with Crippen molar-refractivity contribution in [3.8, 4) is 5.75 Å². The van der Waals surface area contributed by atoms with Gasteiger partial charge in [0.25, 0.3) is 0 Å². The van der Waals surface area contributed by atoms with Gasteiger partial charge in [0.1, 0.15) is 5.75 Å². The zero-order chi connectivity index (χ0) is 15.2. The Morgan fingerprint density at radius 3 is 2.00 bits per heavy atom. The highest BCUT2D eigenvalue weighted by Gasteiger charge is 2.13. The Morgan fingerprint density at radius 1 is 0.905 bits per heavy atom. The van der Waals surface area contributed by atoms with Gasteiger partial charge in [-0.1, -0.05) is 50.2 Å². The maximum absolute atomic E-state index is 9.40. The zero-order valence-electron chi connectivity index (χ0n) is 13.1. The van der Waals surface area contributed by atoms with Crippen molar-refractivity contribution in [1.29, 1.82) is 0 Å². The summed E-state index contributed by atoms with van der Waals surface area (Å²) < 4.78 is 0. The number of nitrogens with one attached hydrogen (secondary N) is 1. The summed E-state index contributed by atoms with van der Waals surface area (Å²) in [4.78, 5) is 0. The predicted octanol–water partition coefficient (Wildman–Crippen LogP) is 4.76. The second-order valence-electron chi connectivity index (χ2n) is 5.54. The third-order valence-corrected chi connectivity index (χ3v) is 4.04. The first-order valence-corrected chi connectivity index (χ1v) is 7.77. The molecule has 0 aliphatic heterocycles. The van der Waals surface area contributed by atoms with Crippen LogP contribution in [-0.4, -0.2) is 5.11 Å². The molecule has 0 aromatic heterocycles. The van der Waals surface area contributed by atoms with Crippen molar-refractivity contribution in [2.24, 2.45) is 0 Å². The Bertz CT molecular complexity index is 545. The normalized spacial score (nSPS) is 13.9. The van der Waals surface area contributed by atoms with Gasteiger partial charge >= 0.3 is 0 Å². The Morgan fingerprint density at radius 2 is 1.48 bits per heavy atom. The van der Waals surface area contributed by atoms with E-state index in [4.69, 9.17) is 0 Å². The van der Waals surface area contributed by atoms with Gasteiger partial charge in [-0.15, -0.1) is 0 Å². The van der Waals surface area contributed by atoms with Gasteiger partial charge in [0.15, 0.2) is 0 Å². The highest BCUT2D eigenvalue weighted by molar-refractivity contribution is 5.29. The molecule has 2 aromatic rings.